The number of piperidine rings is 1. The first kappa shape index (κ1) is 21.1. The number of nitrogens with zero attached hydrogens (tertiary/aromatic N) is 4. The number of carbonyl (C=O) groups is 3. The van der Waals surface area contributed by atoms with Gasteiger partial charge in [0.2, 0.25) is 17.7 Å². The highest BCUT2D eigenvalue weighted by atomic mass is 16.2. The molecule has 166 valence electrons. The van der Waals surface area contributed by atoms with Crippen molar-refractivity contribution in [2.45, 2.75) is 44.9 Å². The van der Waals surface area contributed by atoms with Crippen molar-refractivity contribution in [3.63, 3.8) is 0 Å². The molecule has 0 radical (unpaired) electrons. The molecule has 2 fully saturated rings. The van der Waals surface area contributed by atoms with Gasteiger partial charge in [0.15, 0.2) is 0 Å². The lowest BCUT2D eigenvalue weighted by Gasteiger charge is -2.30. The fourth-order valence-corrected chi connectivity index (χ4v) is 4.51. The van der Waals surface area contributed by atoms with Crippen LogP contribution in [0.5, 0.6) is 0 Å². The molecule has 0 aliphatic carbocycles. The standard InChI is InChI=1S/C22H29N5O4/c1-24-17-13-15(23-19(28)7-6-12-27-20(29)8-9-21(27)30)16(26-10-4-3-5-11-26)14-18(17)25(2)22(24)31/h13-14H,3-12H2,1-2H3,(H,23,28). The summed E-state index contributed by atoms with van der Waals surface area (Å²) in [7, 11) is 3.48. The van der Waals surface area contributed by atoms with Crippen LogP contribution in [0.2, 0.25) is 0 Å². The lowest BCUT2D eigenvalue weighted by atomic mass is 10.1. The van der Waals surface area contributed by atoms with Crippen molar-refractivity contribution in [1.29, 1.82) is 0 Å². The molecule has 9 heteroatoms. The van der Waals surface area contributed by atoms with Crippen molar-refractivity contribution in [3.8, 4) is 0 Å². The van der Waals surface area contributed by atoms with Gasteiger partial charge in [0, 0.05) is 53.0 Å². The van der Waals surface area contributed by atoms with Gasteiger partial charge in [0.25, 0.3) is 0 Å². The second-order valence-corrected chi connectivity index (χ2v) is 8.40. The molecule has 2 aliphatic heterocycles. The molecule has 0 bridgehead atoms. The van der Waals surface area contributed by atoms with Gasteiger partial charge in [0.1, 0.15) is 0 Å². The highest BCUT2D eigenvalue weighted by Gasteiger charge is 2.28. The van der Waals surface area contributed by atoms with Crippen LogP contribution in [0.25, 0.3) is 11.0 Å². The molecule has 1 aromatic heterocycles. The number of amides is 3. The number of nitrogens with one attached hydrogen (secondary N) is 1. The number of benzene rings is 1. The van der Waals surface area contributed by atoms with Gasteiger partial charge in [-0.15, -0.1) is 0 Å². The maximum atomic E-state index is 12.7. The number of hydrogen-bond donors (Lipinski definition) is 1. The Hall–Kier alpha value is -3.10. The molecule has 1 N–H and O–H groups in total. The first-order chi connectivity index (χ1) is 14.9. The highest BCUT2D eigenvalue weighted by Crippen LogP contribution is 2.33. The Morgan fingerprint density at radius 1 is 0.935 bits per heavy atom. The van der Waals surface area contributed by atoms with Crippen LogP contribution in [-0.2, 0) is 28.5 Å². The fourth-order valence-electron chi connectivity index (χ4n) is 4.51. The van der Waals surface area contributed by atoms with E-state index in [9.17, 15) is 19.2 Å². The number of rotatable bonds is 6. The summed E-state index contributed by atoms with van der Waals surface area (Å²) in [5, 5.41) is 3.01. The summed E-state index contributed by atoms with van der Waals surface area (Å²) < 4.78 is 3.20. The van der Waals surface area contributed by atoms with E-state index in [0.29, 0.717) is 12.1 Å². The van der Waals surface area contributed by atoms with E-state index in [2.05, 4.69) is 10.2 Å². The smallest absolute Gasteiger partial charge is 0.328 e. The topological polar surface area (TPSA) is 96.7 Å². The average Bonchev–Trinajstić information content (AvgIpc) is 3.19. The minimum absolute atomic E-state index is 0.108. The first-order valence-corrected chi connectivity index (χ1v) is 10.9. The van der Waals surface area contributed by atoms with E-state index < -0.39 is 0 Å². The third kappa shape index (κ3) is 4.08. The summed E-state index contributed by atoms with van der Waals surface area (Å²) in [6, 6.07) is 3.85. The van der Waals surface area contributed by atoms with Gasteiger partial charge in [-0.2, -0.15) is 0 Å². The van der Waals surface area contributed by atoms with E-state index in [1.165, 1.54) is 11.3 Å². The van der Waals surface area contributed by atoms with Crippen molar-refractivity contribution >= 4 is 40.1 Å². The van der Waals surface area contributed by atoms with Gasteiger partial charge in [-0.25, -0.2) is 4.79 Å². The molecule has 2 saturated heterocycles. The Kier molecular flexibility index (Phi) is 5.84. The van der Waals surface area contributed by atoms with Crippen LogP contribution < -0.4 is 15.9 Å². The molecular formula is C22H29N5O4. The number of imidazole rings is 1. The van der Waals surface area contributed by atoms with Crippen LogP contribution in [0.4, 0.5) is 11.4 Å². The molecule has 4 rings (SSSR count). The van der Waals surface area contributed by atoms with Gasteiger partial charge in [0.05, 0.1) is 22.4 Å². The van der Waals surface area contributed by atoms with E-state index in [1.807, 2.05) is 12.1 Å². The van der Waals surface area contributed by atoms with Crippen molar-refractivity contribution in [1.82, 2.24) is 14.0 Å². The summed E-state index contributed by atoms with van der Waals surface area (Å²) >= 11 is 0. The van der Waals surface area contributed by atoms with E-state index in [0.717, 1.165) is 42.7 Å². The van der Waals surface area contributed by atoms with Crippen LogP contribution >= 0.6 is 0 Å². The number of aryl methyl sites for hydroxylation is 2. The van der Waals surface area contributed by atoms with Gasteiger partial charge < -0.3 is 10.2 Å². The van der Waals surface area contributed by atoms with Crippen molar-refractivity contribution in [2.75, 3.05) is 29.9 Å². The SMILES string of the molecule is Cn1c(=O)n(C)c2cc(N3CCCCC3)c(NC(=O)CCCN3C(=O)CCC3=O)cc21. The lowest BCUT2D eigenvalue weighted by Crippen LogP contribution is -2.31. The second-order valence-electron chi connectivity index (χ2n) is 8.40. The molecule has 0 atom stereocenters. The number of anilines is 2. The normalized spacial score (nSPS) is 17.1. The largest absolute Gasteiger partial charge is 0.370 e. The number of fused-ring (bicyclic) bond motifs is 1. The number of imide groups is 1. The van der Waals surface area contributed by atoms with Crippen molar-refractivity contribution < 1.29 is 14.4 Å². The van der Waals surface area contributed by atoms with E-state index in [1.54, 1.807) is 23.2 Å². The van der Waals surface area contributed by atoms with Gasteiger partial charge in [-0.05, 0) is 37.8 Å². The van der Waals surface area contributed by atoms with Crippen LogP contribution in [-0.4, -0.2) is 51.4 Å². The molecule has 3 amide bonds. The van der Waals surface area contributed by atoms with E-state index >= 15 is 0 Å². The third-order valence-electron chi connectivity index (χ3n) is 6.30. The molecule has 31 heavy (non-hydrogen) atoms. The molecule has 9 nitrogen and oxygen atoms in total. The zero-order chi connectivity index (χ0) is 22.1. The maximum Gasteiger partial charge on any atom is 0.328 e. The molecule has 0 unspecified atom stereocenters. The molecule has 1 aromatic carbocycles. The van der Waals surface area contributed by atoms with Crippen LogP contribution in [0.15, 0.2) is 16.9 Å². The van der Waals surface area contributed by atoms with Crippen LogP contribution in [0, 0.1) is 0 Å². The summed E-state index contributed by atoms with van der Waals surface area (Å²) in [6.07, 6.45) is 4.54. The van der Waals surface area contributed by atoms with E-state index in [-0.39, 0.29) is 49.2 Å². The fraction of sp³-hybridized carbons (Fsp3) is 0.545. The Morgan fingerprint density at radius 3 is 2.19 bits per heavy atom. The lowest BCUT2D eigenvalue weighted by molar-refractivity contribution is -0.138. The van der Waals surface area contributed by atoms with Crippen LogP contribution in [0.3, 0.4) is 0 Å². The minimum Gasteiger partial charge on any atom is -0.370 e. The first-order valence-electron chi connectivity index (χ1n) is 10.9. The number of likely N-dealkylation sites (tertiary alicyclic amines) is 1. The number of hydrogen-bond acceptors (Lipinski definition) is 5. The summed E-state index contributed by atoms with van der Waals surface area (Å²) in [6.45, 7) is 2.10. The molecule has 2 aliphatic rings. The predicted molar refractivity (Wildman–Crippen MR) is 118 cm³/mol. The number of aromatic nitrogens is 2. The minimum atomic E-state index is -0.169. The third-order valence-corrected chi connectivity index (χ3v) is 6.30. The van der Waals surface area contributed by atoms with E-state index in [4.69, 9.17) is 0 Å². The summed E-state index contributed by atoms with van der Waals surface area (Å²) in [5.41, 5.74) is 3.09. The molecule has 0 saturated carbocycles. The van der Waals surface area contributed by atoms with Gasteiger partial charge in [-0.3, -0.25) is 28.4 Å². The molecule has 3 heterocycles. The second kappa shape index (κ2) is 8.56. The molecule has 2 aromatic rings. The predicted octanol–water partition coefficient (Wildman–Crippen LogP) is 1.73. The Morgan fingerprint density at radius 2 is 1.55 bits per heavy atom. The monoisotopic (exact) mass is 427 g/mol. The average molecular weight is 428 g/mol. The Bertz CT molecular complexity index is 1080. The summed E-state index contributed by atoms with van der Waals surface area (Å²) in [4.78, 5) is 52.0. The van der Waals surface area contributed by atoms with Gasteiger partial charge >= 0.3 is 5.69 Å². The summed E-state index contributed by atoms with van der Waals surface area (Å²) in [5.74, 6) is -0.487. The van der Waals surface area contributed by atoms with Crippen molar-refractivity contribution in [3.05, 3.63) is 22.6 Å². The molecule has 0 spiro atoms. The zero-order valence-corrected chi connectivity index (χ0v) is 18.1. The maximum absolute atomic E-state index is 12.7. The van der Waals surface area contributed by atoms with Crippen LogP contribution in [0.1, 0.15) is 44.9 Å². The Balaban J connectivity index is 1.54. The zero-order valence-electron chi connectivity index (χ0n) is 18.1. The highest BCUT2D eigenvalue weighted by molar-refractivity contribution is 6.02. The number of carbonyl (C=O) groups excluding carboxylic acids is 3. The Labute approximate surface area is 180 Å². The van der Waals surface area contributed by atoms with Crippen molar-refractivity contribution in [2.24, 2.45) is 14.1 Å². The quantitative estimate of drug-likeness (QED) is 0.709. The molecular weight excluding hydrogens is 398 g/mol. The van der Waals surface area contributed by atoms with Gasteiger partial charge in [-0.1, -0.05) is 0 Å².